The highest BCUT2D eigenvalue weighted by atomic mass is 32.2. The number of hydrogen-bond donors (Lipinski definition) is 1. The fourth-order valence-corrected chi connectivity index (χ4v) is 3.59. The number of ether oxygens (including phenoxy) is 3. The van der Waals surface area contributed by atoms with Crippen molar-refractivity contribution in [1.29, 1.82) is 0 Å². The summed E-state index contributed by atoms with van der Waals surface area (Å²) in [6, 6.07) is 12.1. The van der Waals surface area contributed by atoms with Gasteiger partial charge in [-0.3, -0.25) is 0 Å². The molecule has 0 atom stereocenters. The number of benzene rings is 2. The molecule has 1 aliphatic rings. The molecule has 0 aliphatic carbocycles. The van der Waals surface area contributed by atoms with Crippen LogP contribution < -0.4 is 18.9 Å². The first-order valence-electron chi connectivity index (χ1n) is 8.69. The number of rotatable bonds is 9. The van der Waals surface area contributed by atoms with Crippen LogP contribution in [0.15, 0.2) is 47.4 Å². The number of fused-ring (bicyclic) bond motifs is 1. The lowest BCUT2D eigenvalue weighted by molar-refractivity contribution is 0.174. The Balaban J connectivity index is 1.53. The first-order chi connectivity index (χ1) is 12.6. The molecule has 2 aromatic carbocycles. The average Bonchev–Trinajstić information content (AvgIpc) is 3.10. The molecule has 3 rings (SSSR count). The lowest BCUT2D eigenvalue weighted by Gasteiger charge is -2.09. The molecular formula is C19H23NO5S. The molecule has 0 amide bonds. The van der Waals surface area contributed by atoms with E-state index in [1.165, 1.54) is 0 Å². The van der Waals surface area contributed by atoms with E-state index >= 15 is 0 Å². The molecule has 0 fully saturated rings. The minimum absolute atomic E-state index is 0.226. The molecule has 1 N–H and O–H groups in total. The first-order valence-corrected chi connectivity index (χ1v) is 10.2. The molecular weight excluding hydrogens is 354 g/mol. The number of hydrogen-bond acceptors (Lipinski definition) is 5. The van der Waals surface area contributed by atoms with Gasteiger partial charge in [-0.25, -0.2) is 13.1 Å². The lowest BCUT2D eigenvalue weighted by Crippen LogP contribution is -2.25. The van der Waals surface area contributed by atoms with Crippen molar-refractivity contribution in [2.45, 2.75) is 31.1 Å². The highest BCUT2D eigenvalue weighted by Gasteiger charge is 2.15. The molecule has 26 heavy (non-hydrogen) atoms. The second kappa shape index (κ2) is 8.42. The van der Waals surface area contributed by atoms with Gasteiger partial charge >= 0.3 is 0 Å². The van der Waals surface area contributed by atoms with Gasteiger partial charge in [0.25, 0.3) is 0 Å². The fraction of sp³-hybridized carbons (Fsp3) is 0.368. The van der Waals surface area contributed by atoms with Crippen LogP contribution in [0.25, 0.3) is 0 Å². The van der Waals surface area contributed by atoms with Gasteiger partial charge in [0, 0.05) is 6.54 Å². The molecule has 1 heterocycles. The summed E-state index contributed by atoms with van der Waals surface area (Å²) in [5, 5.41) is 0. The monoisotopic (exact) mass is 377 g/mol. The van der Waals surface area contributed by atoms with Crippen LogP contribution in [0.2, 0.25) is 0 Å². The van der Waals surface area contributed by atoms with Crippen molar-refractivity contribution in [1.82, 2.24) is 4.72 Å². The lowest BCUT2D eigenvalue weighted by atomic mass is 10.1. The first kappa shape index (κ1) is 18.5. The predicted molar refractivity (Wildman–Crippen MR) is 98.3 cm³/mol. The van der Waals surface area contributed by atoms with Gasteiger partial charge in [-0.1, -0.05) is 19.4 Å². The number of nitrogens with one attached hydrogen (secondary N) is 1. The van der Waals surface area contributed by atoms with Gasteiger partial charge < -0.3 is 14.2 Å². The van der Waals surface area contributed by atoms with Crippen LogP contribution in [-0.2, 0) is 16.4 Å². The summed E-state index contributed by atoms with van der Waals surface area (Å²) in [5.74, 6) is 2.09. The summed E-state index contributed by atoms with van der Waals surface area (Å²) in [6.45, 7) is 3.25. The summed E-state index contributed by atoms with van der Waals surface area (Å²) in [7, 11) is -3.55. The molecule has 0 saturated heterocycles. The van der Waals surface area contributed by atoms with Crippen molar-refractivity contribution < 1.29 is 22.6 Å². The van der Waals surface area contributed by atoms with Gasteiger partial charge in [-0.05, 0) is 54.8 Å². The van der Waals surface area contributed by atoms with Gasteiger partial charge in [-0.15, -0.1) is 0 Å². The van der Waals surface area contributed by atoms with Gasteiger partial charge in [0.05, 0.1) is 11.5 Å². The summed E-state index contributed by atoms with van der Waals surface area (Å²) in [6.07, 6.45) is 2.59. The Labute approximate surface area is 154 Å². The molecule has 2 aromatic rings. The molecule has 6 nitrogen and oxygen atoms in total. The minimum atomic E-state index is -3.55. The van der Waals surface area contributed by atoms with E-state index in [1.54, 1.807) is 24.3 Å². The number of unbranched alkanes of at least 4 members (excludes halogenated alkanes) is 1. The van der Waals surface area contributed by atoms with E-state index in [1.807, 2.05) is 18.2 Å². The standard InChI is InChI=1S/C19H23NO5S/c1-2-3-12-23-16-5-7-17(8-6-16)26(21,22)20-11-10-15-4-9-18-19(13-15)25-14-24-18/h4-9,13,20H,2-3,10-12,14H2,1H3. The van der Waals surface area contributed by atoms with Crippen LogP contribution in [0.4, 0.5) is 0 Å². The van der Waals surface area contributed by atoms with E-state index in [0.717, 1.165) is 24.2 Å². The van der Waals surface area contributed by atoms with Crippen LogP contribution in [0, 0.1) is 0 Å². The van der Waals surface area contributed by atoms with Crippen molar-refractivity contribution in [3.05, 3.63) is 48.0 Å². The topological polar surface area (TPSA) is 73.9 Å². The van der Waals surface area contributed by atoms with Crippen LogP contribution in [0.5, 0.6) is 17.2 Å². The van der Waals surface area contributed by atoms with E-state index in [0.29, 0.717) is 31.1 Å². The molecule has 0 bridgehead atoms. The highest BCUT2D eigenvalue weighted by molar-refractivity contribution is 7.89. The Morgan fingerprint density at radius 1 is 1.08 bits per heavy atom. The van der Waals surface area contributed by atoms with Crippen molar-refractivity contribution in [3.8, 4) is 17.2 Å². The fourth-order valence-electron chi connectivity index (χ4n) is 2.56. The summed E-state index contributed by atoms with van der Waals surface area (Å²) < 4.78 is 43.5. The largest absolute Gasteiger partial charge is 0.494 e. The molecule has 7 heteroatoms. The summed E-state index contributed by atoms with van der Waals surface area (Å²) in [4.78, 5) is 0.228. The van der Waals surface area contributed by atoms with Crippen molar-refractivity contribution in [2.75, 3.05) is 19.9 Å². The number of sulfonamides is 1. The SMILES string of the molecule is CCCCOc1ccc(S(=O)(=O)NCCc2ccc3c(c2)OCO3)cc1. The maximum absolute atomic E-state index is 12.4. The van der Waals surface area contributed by atoms with E-state index in [9.17, 15) is 8.42 Å². The minimum Gasteiger partial charge on any atom is -0.494 e. The quantitative estimate of drug-likeness (QED) is 0.680. The van der Waals surface area contributed by atoms with E-state index in [4.69, 9.17) is 14.2 Å². The van der Waals surface area contributed by atoms with Crippen LogP contribution >= 0.6 is 0 Å². The zero-order valence-electron chi connectivity index (χ0n) is 14.7. The molecule has 140 valence electrons. The van der Waals surface area contributed by atoms with Crippen molar-refractivity contribution >= 4 is 10.0 Å². The molecule has 0 saturated carbocycles. The van der Waals surface area contributed by atoms with Gasteiger partial charge in [0.1, 0.15) is 5.75 Å². The third-order valence-electron chi connectivity index (χ3n) is 4.04. The Kier molecular flexibility index (Phi) is 6.00. The molecule has 0 unspecified atom stereocenters. The smallest absolute Gasteiger partial charge is 0.240 e. The van der Waals surface area contributed by atoms with E-state index in [-0.39, 0.29) is 11.7 Å². The maximum atomic E-state index is 12.4. The van der Waals surface area contributed by atoms with Gasteiger partial charge in [-0.2, -0.15) is 0 Å². The second-order valence-electron chi connectivity index (χ2n) is 6.01. The highest BCUT2D eigenvalue weighted by Crippen LogP contribution is 2.32. The van der Waals surface area contributed by atoms with Crippen LogP contribution in [0.1, 0.15) is 25.3 Å². The van der Waals surface area contributed by atoms with Crippen LogP contribution in [0.3, 0.4) is 0 Å². The second-order valence-corrected chi connectivity index (χ2v) is 7.78. The van der Waals surface area contributed by atoms with Gasteiger partial charge in [0.2, 0.25) is 16.8 Å². The summed E-state index contributed by atoms with van der Waals surface area (Å²) in [5.41, 5.74) is 0.983. The predicted octanol–water partition coefficient (Wildman–Crippen LogP) is 3.12. The van der Waals surface area contributed by atoms with Gasteiger partial charge in [0.15, 0.2) is 11.5 Å². The zero-order chi connectivity index (χ0) is 18.4. The third-order valence-corrected chi connectivity index (χ3v) is 5.52. The molecule has 0 radical (unpaired) electrons. The third kappa shape index (κ3) is 4.68. The Bertz CT molecular complexity index is 834. The Morgan fingerprint density at radius 2 is 1.85 bits per heavy atom. The molecule has 0 spiro atoms. The normalized spacial score (nSPS) is 13.0. The summed E-state index contributed by atoms with van der Waals surface area (Å²) >= 11 is 0. The van der Waals surface area contributed by atoms with Crippen molar-refractivity contribution in [2.24, 2.45) is 0 Å². The average molecular weight is 377 g/mol. The Morgan fingerprint density at radius 3 is 2.62 bits per heavy atom. The Hall–Kier alpha value is -2.25. The van der Waals surface area contributed by atoms with Crippen molar-refractivity contribution in [3.63, 3.8) is 0 Å². The van der Waals surface area contributed by atoms with Crippen LogP contribution in [-0.4, -0.2) is 28.4 Å². The zero-order valence-corrected chi connectivity index (χ0v) is 15.6. The van der Waals surface area contributed by atoms with E-state index < -0.39 is 10.0 Å². The van der Waals surface area contributed by atoms with E-state index in [2.05, 4.69) is 11.6 Å². The molecule has 0 aromatic heterocycles. The molecule has 1 aliphatic heterocycles. The maximum Gasteiger partial charge on any atom is 0.240 e.